The molecule has 1 saturated heterocycles. The quantitative estimate of drug-likeness (QED) is 0.550. The number of amides is 1. The molecule has 150 valence electrons. The van der Waals surface area contributed by atoms with Gasteiger partial charge in [-0.1, -0.05) is 6.07 Å². The molecule has 2 aromatic heterocycles. The standard InChI is InChI=1S/C20H28N6O2/c1-25(2)19(27)14-23-20(22-11-8-17-6-5-13-28-17)24-16-9-12-26(15-16)18-7-3-4-10-21-18/h3-7,10,13,16H,8-9,11-12,14-15H2,1-2H3,(H2,22,23,24). The van der Waals surface area contributed by atoms with Crippen molar-refractivity contribution >= 4 is 17.7 Å². The molecule has 3 heterocycles. The van der Waals surface area contributed by atoms with Crippen molar-refractivity contribution in [2.45, 2.75) is 18.9 Å². The molecule has 3 rings (SSSR count). The van der Waals surface area contributed by atoms with Crippen LogP contribution in [0, 0.1) is 0 Å². The van der Waals surface area contributed by atoms with Crippen molar-refractivity contribution in [3.8, 4) is 0 Å². The van der Waals surface area contributed by atoms with E-state index < -0.39 is 0 Å². The van der Waals surface area contributed by atoms with Gasteiger partial charge in [0.25, 0.3) is 0 Å². The van der Waals surface area contributed by atoms with Crippen LogP contribution >= 0.6 is 0 Å². The van der Waals surface area contributed by atoms with Crippen molar-refractivity contribution in [3.63, 3.8) is 0 Å². The number of rotatable bonds is 7. The lowest BCUT2D eigenvalue weighted by molar-refractivity contribution is -0.127. The Kier molecular flexibility index (Phi) is 6.89. The lowest BCUT2D eigenvalue weighted by Gasteiger charge is -2.20. The zero-order valence-corrected chi connectivity index (χ0v) is 16.5. The number of nitrogens with zero attached hydrogens (tertiary/aromatic N) is 4. The SMILES string of the molecule is CN(C)C(=O)CN=C(NCCc1ccco1)NC1CCN(c2ccccn2)C1. The van der Waals surface area contributed by atoms with Gasteiger partial charge in [0.05, 0.1) is 6.26 Å². The Hall–Kier alpha value is -3.03. The van der Waals surface area contributed by atoms with Crippen molar-refractivity contribution in [2.24, 2.45) is 4.99 Å². The second-order valence-electron chi connectivity index (χ2n) is 6.97. The smallest absolute Gasteiger partial charge is 0.243 e. The fraction of sp³-hybridized carbons (Fsp3) is 0.450. The highest BCUT2D eigenvalue weighted by Crippen LogP contribution is 2.17. The number of hydrogen-bond acceptors (Lipinski definition) is 5. The second-order valence-corrected chi connectivity index (χ2v) is 6.97. The number of carbonyl (C=O) groups excluding carboxylic acids is 1. The maximum atomic E-state index is 11.9. The number of hydrogen-bond donors (Lipinski definition) is 2. The van der Waals surface area contributed by atoms with Crippen LogP contribution in [0.1, 0.15) is 12.2 Å². The average Bonchev–Trinajstić information content (AvgIpc) is 3.38. The van der Waals surface area contributed by atoms with Gasteiger partial charge in [0.15, 0.2) is 5.96 Å². The van der Waals surface area contributed by atoms with E-state index in [0.717, 1.165) is 37.5 Å². The van der Waals surface area contributed by atoms with Gasteiger partial charge in [-0.25, -0.2) is 9.98 Å². The number of nitrogens with one attached hydrogen (secondary N) is 2. The third-order valence-electron chi connectivity index (χ3n) is 4.62. The van der Waals surface area contributed by atoms with Crippen LogP contribution < -0.4 is 15.5 Å². The zero-order chi connectivity index (χ0) is 19.8. The van der Waals surface area contributed by atoms with Gasteiger partial charge < -0.3 is 24.9 Å². The molecular formula is C20H28N6O2. The van der Waals surface area contributed by atoms with Crippen LogP contribution in [0.5, 0.6) is 0 Å². The molecule has 1 aliphatic heterocycles. The molecule has 0 spiro atoms. The molecule has 2 N–H and O–H groups in total. The van der Waals surface area contributed by atoms with Gasteiger partial charge in [0.2, 0.25) is 5.91 Å². The monoisotopic (exact) mass is 384 g/mol. The molecular weight excluding hydrogens is 356 g/mol. The van der Waals surface area contributed by atoms with E-state index in [9.17, 15) is 4.79 Å². The zero-order valence-electron chi connectivity index (χ0n) is 16.5. The topological polar surface area (TPSA) is 86.0 Å². The van der Waals surface area contributed by atoms with Crippen LogP contribution in [-0.4, -0.2) is 68.1 Å². The van der Waals surface area contributed by atoms with Crippen molar-refractivity contribution in [1.29, 1.82) is 0 Å². The summed E-state index contributed by atoms with van der Waals surface area (Å²) in [7, 11) is 3.47. The number of guanidine groups is 1. The minimum absolute atomic E-state index is 0.0336. The molecule has 0 saturated carbocycles. The van der Waals surface area contributed by atoms with E-state index in [2.05, 4.69) is 25.5 Å². The van der Waals surface area contributed by atoms with Crippen molar-refractivity contribution < 1.29 is 9.21 Å². The first kappa shape index (κ1) is 19.7. The summed E-state index contributed by atoms with van der Waals surface area (Å²) in [5.74, 6) is 2.51. The Morgan fingerprint density at radius 2 is 2.25 bits per heavy atom. The second kappa shape index (κ2) is 9.77. The van der Waals surface area contributed by atoms with E-state index in [-0.39, 0.29) is 18.5 Å². The first-order valence-electron chi connectivity index (χ1n) is 9.55. The van der Waals surface area contributed by atoms with Crippen LogP contribution in [0.4, 0.5) is 5.82 Å². The molecule has 0 radical (unpaired) electrons. The predicted octanol–water partition coefficient (Wildman–Crippen LogP) is 1.12. The summed E-state index contributed by atoms with van der Waals surface area (Å²) in [5.41, 5.74) is 0. The Labute approximate surface area is 165 Å². The van der Waals surface area contributed by atoms with Crippen molar-refractivity contribution in [2.75, 3.05) is 45.2 Å². The highest BCUT2D eigenvalue weighted by atomic mass is 16.3. The number of carbonyl (C=O) groups is 1. The van der Waals surface area contributed by atoms with Crippen LogP contribution in [0.2, 0.25) is 0 Å². The molecule has 1 fully saturated rings. The highest BCUT2D eigenvalue weighted by molar-refractivity contribution is 5.85. The minimum Gasteiger partial charge on any atom is -0.469 e. The Bertz CT molecular complexity index is 760. The summed E-state index contributed by atoms with van der Waals surface area (Å²) in [6, 6.07) is 10.0. The maximum Gasteiger partial charge on any atom is 0.243 e. The van der Waals surface area contributed by atoms with Crippen LogP contribution in [0.3, 0.4) is 0 Å². The fourth-order valence-corrected chi connectivity index (χ4v) is 3.02. The predicted molar refractivity (Wildman–Crippen MR) is 109 cm³/mol. The first-order valence-corrected chi connectivity index (χ1v) is 9.55. The van der Waals surface area contributed by atoms with E-state index in [1.807, 2.05) is 36.5 Å². The molecule has 1 atom stereocenters. The summed E-state index contributed by atoms with van der Waals surface area (Å²) in [4.78, 5) is 24.6. The normalized spacial score (nSPS) is 16.9. The molecule has 1 amide bonds. The fourth-order valence-electron chi connectivity index (χ4n) is 3.02. The first-order chi connectivity index (χ1) is 13.6. The van der Waals surface area contributed by atoms with Crippen LogP contribution in [-0.2, 0) is 11.2 Å². The largest absolute Gasteiger partial charge is 0.469 e. The van der Waals surface area contributed by atoms with E-state index >= 15 is 0 Å². The molecule has 0 aliphatic carbocycles. The number of aliphatic imine (C=N–C) groups is 1. The number of aromatic nitrogens is 1. The Balaban J connectivity index is 1.56. The molecule has 0 aromatic carbocycles. The van der Waals surface area contributed by atoms with Crippen molar-refractivity contribution in [3.05, 3.63) is 48.6 Å². The van der Waals surface area contributed by atoms with Crippen LogP contribution in [0.25, 0.3) is 0 Å². The van der Waals surface area contributed by atoms with Crippen molar-refractivity contribution in [1.82, 2.24) is 20.5 Å². The van der Waals surface area contributed by atoms with Gasteiger partial charge in [0.1, 0.15) is 18.1 Å². The molecule has 2 aromatic rings. The average molecular weight is 384 g/mol. The maximum absolute atomic E-state index is 11.9. The molecule has 8 nitrogen and oxygen atoms in total. The summed E-state index contributed by atoms with van der Waals surface area (Å²) in [6.07, 6.45) is 5.21. The summed E-state index contributed by atoms with van der Waals surface area (Å²) < 4.78 is 5.37. The Morgan fingerprint density at radius 1 is 1.36 bits per heavy atom. The van der Waals surface area contributed by atoms with E-state index in [1.54, 1.807) is 25.3 Å². The lowest BCUT2D eigenvalue weighted by atomic mass is 10.3. The molecule has 28 heavy (non-hydrogen) atoms. The molecule has 1 unspecified atom stereocenters. The summed E-state index contributed by atoms with van der Waals surface area (Å²) >= 11 is 0. The van der Waals surface area contributed by atoms with E-state index in [0.29, 0.717) is 12.5 Å². The van der Waals surface area contributed by atoms with Gasteiger partial charge in [0, 0.05) is 52.4 Å². The molecule has 0 bridgehead atoms. The number of furan rings is 1. The number of anilines is 1. The minimum atomic E-state index is -0.0336. The highest BCUT2D eigenvalue weighted by Gasteiger charge is 2.24. The van der Waals surface area contributed by atoms with E-state index in [4.69, 9.17) is 4.42 Å². The third-order valence-corrected chi connectivity index (χ3v) is 4.62. The summed E-state index contributed by atoms with van der Waals surface area (Å²) in [6.45, 7) is 2.56. The molecule has 8 heteroatoms. The van der Waals surface area contributed by atoms with Gasteiger partial charge in [-0.05, 0) is 30.7 Å². The summed E-state index contributed by atoms with van der Waals surface area (Å²) in [5, 5.41) is 6.77. The van der Waals surface area contributed by atoms with Gasteiger partial charge in [-0.3, -0.25) is 4.79 Å². The lowest BCUT2D eigenvalue weighted by Crippen LogP contribution is -2.45. The van der Waals surface area contributed by atoms with Gasteiger partial charge in [-0.2, -0.15) is 0 Å². The van der Waals surface area contributed by atoms with E-state index in [1.165, 1.54) is 0 Å². The van der Waals surface area contributed by atoms with Gasteiger partial charge >= 0.3 is 0 Å². The third kappa shape index (κ3) is 5.73. The molecule has 1 aliphatic rings. The number of likely N-dealkylation sites (N-methyl/N-ethyl adjacent to an activating group) is 1. The Morgan fingerprint density at radius 3 is 2.96 bits per heavy atom. The van der Waals surface area contributed by atoms with Gasteiger partial charge in [-0.15, -0.1) is 0 Å². The number of pyridine rings is 1. The van der Waals surface area contributed by atoms with Crippen LogP contribution in [0.15, 0.2) is 52.2 Å².